The second-order valence-electron chi connectivity index (χ2n) is 8.07. The third-order valence-electron chi connectivity index (χ3n) is 5.62. The molecule has 0 bridgehead atoms. The minimum atomic E-state index is -1.04. The second kappa shape index (κ2) is 6.99. The summed E-state index contributed by atoms with van der Waals surface area (Å²) >= 11 is 0. The van der Waals surface area contributed by atoms with Crippen molar-refractivity contribution < 1.29 is 14.2 Å². The molecule has 8 heteroatoms. The molecule has 0 radical (unpaired) electrons. The minimum Gasteiger partial charge on any atom is -0.382 e. The lowest BCUT2D eigenvalue weighted by Crippen LogP contribution is -2.42. The van der Waals surface area contributed by atoms with E-state index in [0.717, 1.165) is 31.4 Å². The van der Waals surface area contributed by atoms with Crippen LogP contribution < -0.4 is 5.73 Å². The van der Waals surface area contributed by atoms with Crippen LogP contribution in [0.4, 0.5) is 5.82 Å². The molecule has 0 saturated carbocycles. The van der Waals surface area contributed by atoms with Gasteiger partial charge in [0.25, 0.3) is 0 Å². The Morgan fingerprint density at radius 3 is 2.79 bits per heavy atom. The number of ether oxygens (including phenoxy) is 3. The Morgan fingerprint density at radius 2 is 2.04 bits per heavy atom. The largest absolute Gasteiger partial charge is 0.382 e. The third-order valence-corrected chi connectivity index (χ3v) is 5.62. The molecule has 0 spiro atoms. The highest BCUT2D eigenvalue weighted by Gasteiger charge is 2.63. The van der Waals surface area contributed by atoms with Gasteiger partial charge in [-0.3, -0.25) is 0 Å². The summed E-state index contributed by atoms with van der Waals surface area (Å²) in [4.78, 5) is 4.04. The maximum atomic E-state index is 10.1. The van der Waals surface area contributed by atoms with Gasteiger partial charge in [-0.15, -0.1) is 0 Å². The first-order chi connectivity index (χ1) is 13.4. The van der Waals surface area contributed by atoms with E-state index in [0.29, 0.717) is 17.8 Å². The van der Waals surface area contributed by atoms with Crippen LogP contribution in [-0.4, -0.2) is 38.2 Å². The van der Waals surface area contributed by atoms with Crippen LogP contribution >= 0.6 is 0 Å². The second-order valence-corrected chi connectivity index (χ2v) is 8.07. The van der Waals surface area contributed by atoms with E-state index < -0.39 is 29.7 Å². The van der Waals surface area contributed by atoms with Crippen molar-refractivity contribution in [2.75, 3.05) is 5.73 Å². The van der Waals surface area contributed by atoms with Gasteiger partial charge in [-0.2, -0.15) is 10.4 Å². The Bertz CT molecular complexity index is 905. The average molecular weight is 385 g/mol. The fourth-order valence-electron chi connectivity index (χ4n) is 4.31. The van der Waals surface area contributed by atoms with Crippen molar-refractivity contribution in [3.8, 4) is 6.07 Å². The molecular formula is C20H27N5O3. The van der Waals surface area contributed by atoms with Gasteiger partial charge in [0.2, 0.25) is 0 Å². The molecule has 2 aliphatic rings. The Morgan fingerprint density at radius 1 is 1.21 bits per heavy atom. The highest BCUT2D eigenvalue weighted by molar-refractivity contribution is 5.65. The van der Waals surface area contributed by atoms with E-state index in [9.17, 15) is 5.26 Å². The van der Waals surface area contributed by atoms with E-state index in [4.69, 9.17) is 19.9 Å². The Balaban J connectivity index is 1.70. The zero-order valence-corrected chi connectivity index (χ0v) is 16.6. The summed E-state index contributed by atoms with van der Waals surface area (Å²) in [6, 6.07) is 6.18. The molecule has 0 amide bonds. The number of fused-ring (bicyclic) bond motifs is 2. The Hall–Kier alpha value is -2.21. The van der Waals surface area contributed by atoms with E-state index in [2.05, 4.69) is 23.1 Å². The molecule has 2 aliphatic heterocycles. The summed E-state index contributed by atoms with van der Waals surface area (Å²) in [7, 11) is 0. The van der Waals surface area contributed by atoms with Crippen LogP contribution in [0.1, 0.15) is 64.7 Å². The number of rotatable bonds is 6. The van der Waals surface area contributed by atoms with Crippen LogP contribution in [-0.2, 0) is 14.2 Å². The number of anilines is 1. The summed E-state index contributed by atoms with van der Waals surface area (Å²) in [5, 5.41) is 14.4. The summed E-state index contributed by atoms with van der Waals surface area (Å²) in [6.07, 6.45) is 4.95. The van der Waals surface area contributed by atoms with E-state index in [1.54, 1.807) is 4.52 Å². The normalized spacial score (nSPS) is 31.1. The highest BCUT2D eigenvalue weighted by Crippen LogP contribution is 2.51. The smallest absolute Gasteiger partial charge is 0.183 e. The summed E-state index contributed by atoms with van der Waals surface area (Å²) in [5.74, 6) is -0.380. The fraction of sp³-hybridized carbons (Fsp3) is 0.650. The number of nitrogens with two attached hydrogens (primary N) is 1. The van der Waals surface area contributed by atoms with Crippen molar-refractivity contribution in [1.29, 1.82) is 5.26 Å². The molecule has 2 aromatic rings. The molecule has 0 unspecified atom stereocenters. The number of nitrogen functional groups attached to an aromatic ring is 1. The third kappa shape index (κ3) is 3.04. The van der Waals surface area contributed by atoms with E-state index >= 15 is 0 Å². The molecule has 28 heavy (non-hydrogen) atoms. The van der Waals surface area contributed by atoms with Crippen molar-refractivity contribution in [3.63, 3.8) is 0 Å². The van der Waals surface area contributed by atoms with Crippen LogP contribution in [0.2, 0.25) is 0 Å². The number of hydrogen-bond donors (Lipinski definition) is 1. The number of unbranched alkanes of at least 4 members (excludes halogenated alkanes) is 3. The number of aromatic nitrogens is 3. The van der Waals surface area contributed by atoms with Crippen LogP contribution in [0.15, 0.2) is 18.5 Å². The van der Waals surface area contributed by atoms with Gasteiger partial charge in [0, 0.05) is 0 Å². The van der Waals surface area contributed by atoms with Crippen LogP contribution in [0, 0.1) is 11.3 Å². The van der Waals surface area contributed by atoms with Crippen molar-refractivity contribution in [3.05, 3.63) is 24.2 Å². The standard InChI is InChI=1S/C20H27N5O3/c1-4-5-6-7-10-20(11-21)17-16(26-19(2,3)28-17)15(27-20)13-8-9-14-18(22)23-12-24-25(13)14/h8-9,12,15-17H,4-7,10H2,1-3H3,(H2,22,23,24)/t15-,16-,17-,20+/m0/s1. The average Bonchev–Trinajstić information content (AvgIpc) is 3.30. The molecule has 4 rings (SSSR count). The number of nitrogens with zero attached hydrogens (tertiary/aromatic N) is 4. The zero-order valence-electron chi connectivity index (χ0n) is 16.6. The van der Waals surface area contributed by atoms with Gasteiger partial charge in [0.1, 0.15) is 36.2 Å². The lowest BCUT2D eigenvalue weighted by Gasteiger charge is -2.29. The predicted molar refractivity (Wildman–Crippen MR) is 102 cm³/mol. The predicted octanol–water partition coefficient (Wildman–Crippen LogP) is 3.14. The summed E-state index contributed by atoms with van der Waals surface area (Å²) in [6.45, 7) is 5.91. The van der Waals surface area contributed by atoms with Crippen LogP contribution in [0.5, 0.6) is 0 Å². The van der Waals surface area contributed by atoms with Gasteiger partial charge < -0.3 is 19.9 Å². The molecule has 2 saturated heterocycles. The lowest BCUT2D eigenvalue weighted by molar-refractivity contribution is -0.201. The van der Waals surface area contributed by atoms with Gasteiger partial charge in [-0.05, 0) is 38.8 Å². The van der Waals surface area contributed by atoms with Crippen molar-refractivity contribution in [2.45, 2.75) is 82.6 Å². The first kappa shape index (κ1) is 19.1. The fourth-order valence-corrected chi connectivity index (χ4v) is 4.31. The molecule has 0 aromatic carbocycles. The number of hydrogen-bond acceptors (Lipinski definition) is 7. The van der Waals surface area contributed by atoms with Gasteiger partial charge in [0.05, 0.1) is 5.69 Å². The molecule has 0 aliphatic carbocycles. The van der Waals surface area contributed by atoms with E-state index in [-0.39, 0.29) is 0 Å². The van der Waals surface area contributed by atoms with Crippen molar-refractivity contribution in [2.24, 2.45) is 0 Å². The quantitative estimate of drug-likeness (QED) is 0.761. The maximum absolute atomic E-state index is 10.1. The van der Waals surface area contributed by atoms with Crippen molar-refractivity contribution in [1.82, 2.24) is 14.6 Å². The van der Waals surface area contributed by atoms with Gasteiger partial charge in [-0.25, -0.2) is 9.50 Å². The summed E-state index contributed by atoms with van der Waals surface area (Å²) < 4.78 is 20.5. The summed E-state index contributed by atoms with van der Waals surface area (Å²) in [5.41, 5.74) is 6.41. The molecule has 4 heterocycles. The highest BCUT2D eigenvalue weighted by atomic mass is 16.8. The molecule has 8 nitrogen and oxygen atoms in total. The molecular weight excluding hydrogens is 358 g/mol. The van der Waals surface area contributed by atoms with Crippen LogP contribution in [0.3, 0.4) is 0 Å². The molecule has 2 aromatic heterocycles. The maximum Gasteiger partial charge on any atom is 0.183 e. The van der Waals surface area contributed by atoms with Crippen molar-refractivity contribution >= 4 is 11.3 Å². The van der Waals surface area contributed by atoms with Gasteiger partial charge in [-0.1, -0.05) is 26.2 Å². The minimum absolute atomic E-state index is 0.393. The van der Waals surface area contributed by atoms with Gasteiger partial charge >= 0.3 is 0 Å². The molecule has 2 fully saturated rings. The first-order valence-electron chi connectivity index (χ1n) is 9.93. The van der Waals surface area contributed by atoms with Crippen LogP contribution in [0.25, 0.3) is 5.52 Å². The van der Waals surface area contributed by atoms with E-state index in [1.807, 2.05) is 26.0 Å². The SMILES string of the molecule is CCCCCC[C@]1(C#N)O[C@@H](c2ccc3c(N)ncnn23)[C@@H]2OC(C)(C)O[C@@H]21. The topological polar surface area (TPSA) is 108 Å². The first-order valence-corrected chi connectivity index (χ1v) is 9.93. The lowest BCUT2D eigenvalue weighted by atomic mass is 9.90. The zero-order chi connectivity index (χ0) is 19.9. The monoisotopic (exact) mass is 385 g/mol. The Labute approximate surface area is 164 Å². The molecule has 2 N–H and O–H groups in total. The molecule has 4 atom stereocenters. The number of nitriles is 1. The molecule has 150 valence electrons. The van der Waals surface area contributed by atoms with Gasteiger partial charge in [0.15, 0.2) is 17.2 Å². The van der Waals surface area contributed by atoms with E-state index in [1.165, 1.54) is 6.33 Å². The Kier molecular flexibility index (Phi) is 4.78.